The van der Waals surface area contributed by atoms with Crippen LogP contribution >= 0.6 is 0 Å². The van der Waals surface area contributed by atoms with E-state index in [1.165, 1.54) is 13.2 Å². The van der Waals surface area contributed by atoms with E-state index in [4.69, 9.17) is 14.3 Å². The third-order valence-electron chi connectivity index (χ3n) is 2.26. The summed E-state index contributed by atoms with van der Waals surface area (Å²) in [5, 5.41) is 8.29. The molecule has 1 heterocycles. The lowest BCUT2D eigenvalue weighted by atomic mass is 10.5. The van der Waals surface area contributed by atoms with Crippen molar-refractivity contribution < 1.29 is 27.5 Å². The zero-order valence-electron chi connectivity index (χ0n) is 10.4. The molecule has 0 unspecified atom stereocenters. The van der Waals surface area contributed by atoms with Gasteiger partial charge in [-0.1, -0.05) is 6.08 Å². The van der Waals surface area contributed by atoms with E-state index in [0.29, 0.717) is 0 Å². The number of rotatable bonds is 8. The zero-order valence-corrected chi connectivity index (χ0v) is 11.2. The highest BCUT2D eigenvalue weighted by molar-refractivity contribution is 7.89. The molecule has 0 atom stereocenters. The van der Waals surface area contributed by atoms with Gasteiger partial charge < -0.3 is 14.3 Å². The van der Waals surface area contributed by atoms with Gasteiger partial charge in [0.15, 0.2) is 0 Å². The Bertz CT molecular complexity index is 547. The highest BCUT2D eigenvalue weighted by Crippen LogP contribution is 2.18. The summed E-state index contributed by atoms with van der Waals surface area (Å²) in [6, 6.07) is 2.21. The average molecular weight is 289 g/mol. The second kappa shape index (κ2) is 6.50. The maximum Gasteiger partial charge on any atom is 0.371 e. The highest BCUT2D eigenvalue weighted by atomic mass is 32.2. The van der Waals surface area contributed by atoms with Crippen molar-refractivity contribution >= 4 is 16.0 Å². The standard InChI is InChI=1S/C11H15NO6S/c1-3-6-12(7-8-17-2)19(15,16)10-5-4-9(18-10)11(13)14/h3-5H,1,6-8H2,2H3,(H,13,14). The van der Waals surface area contributed by atoms with Crippen molar-refractivity contribution in [1.82, 2.24) is 4.31 Å². The Hall–Kier alpha value is -1.64. The lowest BCUT2D eigenvalue weighted by Gasteiger charge is -2.18. The molecule has 0 aliphatic carbocycles. The Labute approximate surface area is 111 Å². The summed E-state index contributed by atoms with van der Waals surface area (Å²) in [5.41, 5.74) is 0. The largest absolute Gasteiger partial charge is 0.475 e. The number of furan rings is 1. The number of nitrogens with zero attached hydrogens (tertiary/aromatic N) is 1. The van der Waals surface area contributed by atoms with E-state index in [2.05, 4.69) is 6.58 Å². The second-order valence-electron chi connectivity index (χ2n) is 3.57. The molecule has 0 amide bonds. The lowest BCUT2D eigenvalue weighted by molar-refractivity contribution is 0.0656. The fourth-order valence-electron chi connectivity index (χ4n) is 1.35. The molecule has 0 aromatic carbocycles. The molecule has 0 saturated carbocycles. The molecule has 1 N–H and O–H groups in total. The van der Waals surface area contributed by atoms with Gasteiger partial charge in [-0.3, -0.25) is 0 Å². The summed E-state index contributed by atoms with van der Waals surface area (Å²) >= 11 is 0. The van der Waals surface area contributed by atoms with Crippen LogP contribution in [0.3, 0.4) is 0 Å². The summed E-state index contributed by atoms with van der Waals surface area (Å²) in [6.07, 6.45) is 1.42. The fourth-order valence-corrected chi connectivity index (χ4v) is 2.65. The van der Waals surface area contributed by atoms with E-state index >= 15 is 0 Å². The molecule has 0 saturated heterocycles. The van der Waals surface area contributed by atoms with Crippen LogP contribution in [0.4, 0.5) is 0 Å². The van der Waals surface area contributed by atoms with Crippen molar-refractivity contribution in [3.05, 3.63) is 30.5 Å². The van der Waals surface area contributed by atoms with E-state index in [9.17, 15) is 13.2 Å². The molecule has 0 spiro atoms. The number of carbonyl (C=O) groups is 1. The topological polar surface area (TPSA) is 97.0 Å². The van der Waals surface area contributed by atoms with Gasteiger partial charge in [0.2, 0.25) is 10.9 Å². The van der Waals surface area contributed by atoms with Gasteiger partial charge >= 0.3 is 5.97 Å². The first-order valence-corrected chi connectivity index (χ1v) is 6.80. The summed E-state index contributed by atoms with van der Waals surface area (Å²) in [5.74, 6) is -1.75. The third-order valence-corrected chi connectivity index (χ3v) is 4.00. The summed E-state index contributed by atoms with van der Waals surface area (Å²) in [7, 11) is -2.44. The Morgan fingerprint density at radius 1 is 1.58 bits per heavy atom. The van der Waals surface area contributed by atoms with E-state index in [1.807, 2.05) is 0 Å². The van der Waals surface area contributed by atoms with Gasteiger partial charge in [0.05, 0.1) is 6.61 Å². The van der Waals surface area contributed by atoms with E-state index < -0.39 is 26.8 Å². The number of carboxylic acids is 1. The van der Waals surface area contributed by atoms with Crippen LogP contribution in [0.15, 0.2) is 34.3 Å². The quantitative estimate of drug-likeness (QED) is 0.711. The van der Waals surface area contributed by atoms with E-state index in [1.54, 1.807) is 0 Å². The van der Waals surface area contributed by atoms with Gasteiger partial charge in [0, 0.05) is 20.2 Å². The van der Waals surface area contributed by atoms with Gasteiger partial charge in [0.25, 0.3) is 10.0 Å². The molecule has 0 aliphatic heterocycles. The molecule has 1 rings (SSSR count). The molecule has 0 radical (unpaired) electrons. The molecule has 1 aromatic heterocycles. The van der Waals surface area contributed by atoms with Gasteiger partial charge in [-0.15, -0.1) is 6.58 Å². The maximum atomic E-state index is 12.2. The van der Waals surface area contributed by atoms with Crippen LogP contribution in [-0.4, -0.2) is 50.6 Å². The number of methoxy groups -OCH3 is 1. The van der Waals surface area contributed by atoms with Gasteiger partial charge in [-0.25, -0.2) is 13.2 Å². The molecule has 1 aromatic rings. The van der Waals surface area contributed by atoms with E-state index in [0.717, 1.165) is 16.4 Å². The van der Waals surface area contributed by atoms with Crippen molar-refractivity contribution in [2.45, 2.75) is 5.09 Å². The monoisotopic (exact) mass is 289 g/mol. The van der Waals surface area contributed by atoms with Crippen LogP contribution in [0.2, 0.25) is 0 Å². The molecule has 7 nitrogen and oxygen atoms in total. The molecule has 0 fully saturated rings. The summed E-state index contributed by atoms with van der Waals surface area (Å²) < 4.78 is 35.1. The number of sulfonamides is 1. The Kier molecular flexibility index (Phi) is 5.28. The number of hydrogen-bond donors (Lipinski definition) is 1. The van der Waals surface area contributed by atoms with Crippen LogP contribution < -0.4 is 0 Å². The van der Waals surface area contributed by atoms with E-state index in [-0.39, 0.29) is 19.7 Å². The van der Waals surface area contributed by atoms with Crippen LogP contribution in [0, 0.1) is 0 Å². The minimum atomic E-state index is -3.90. The molecule has 0 aliphatic rings. The lowest BCUT2D eigenvalue weighted by Crippen LogP contribution is -2.33. The first kappa shape index (κ1) is 15.4. The third kappa shape index (κ3) is 3.66. The number of ether oxygens (including phenoxy) is 1. The Morgan fingerprint density at radius 2 is 2.26 bits per heavy atom. The number of aromatic carboxylic acids is 1. The zero-order chi connectivity index (χ0) is 14.5. The summed E-state index contributed by atoms with van der Waals surface area (Å²) in [6.45, 7) is 3.88. The fraction of sp³-hybridized carbons (Fsp3) is 0.364. The predicted molar refractivity (Wildman–Crippen MR) is 66.5 cm³/mol. The molecule has 8 heteroatoms. The molecular formula is C11H15NO6S. The molecular weight excluding hydrogens is 274 g/mol. The van der Waals surface area contributed by atoms with Crippen molar-refractivity contribution in [3.63, 3.8) is 0 Å². The first-order valence-electron chi connectivity index (χ1n) is 5.36. The molecule has 0 bridgehead atoms. The maximum absolute atomic E-state index is 12.2. The van der Waals surface area contributed by atoms with Crippen LogP contribution in [0.5, 0.6) is 0 Å². The van der Waals surface area contributed by atoms with Crippen molar-refractivity contribution in [1.29, 1.82) is 0 Å². The highest BCUT2D eigenvalue weighted by Gasteiger charge is 2.27. The molecule has 19 heavy (non-hydrogen) atoms. The van der Waals surface area contributed by atoms with Crippen molar-refractivity contribution in [2.75, 3.05) is 26.8 Å². The second-order valence-corrected chi connectivity index (χ2v) is 5.44. The SMILES string of the molecule is C=CCN(CCOC)S(=O)(=O)c1ccc(C(=O)O)o1. The van der Waals surface area contributed by atoms with Crippen LogP contribution in [0.25, 0.3) is 0 Å². The minimum Gasteiger partial charge on any atom is -0.475 e. The smallest absolute Gasteiger partial charge is 0.371 e. The summed E-state index contributed by atoms with van der Waals surface area (Å²) in [4.78, 5) is 10.7. The van der Waals surface area contributed by atoms with Gasteiger partial charge in [-0.2, -0.15) is 4.31 Å². The van der Waals surface area contributed by atoms with Crippen LogP contribution in [-0.2, 0) is 14.8 Å². The average Bonchev–Trinajstić information content (AvgIpc) is 2.84. The minimum absolute atomic E-state index is 0.0782. The normalized spacial score (nSPS) is 11.7. The predicted octanol–water partition coefficient (Wildman–Crippen LogP) is 0.801. The number of hydrogen-bond acceptors (Lipinski definition) is 5. The Morgan fingerprint density at radius 3 is 2.74 bits per heavy atom. The van der Waals surface area contributed by atoms with Gasteiger partial charge in [-0.05, 0) is 12.1 Å². The number of carboxylic acid groups (broad SMARTS) is 1. The first-order chi connectivity index (χ1) is 8.93. The Balaban J connectivity index is 3.03. The van der Waals surface area contributed by atoms with Crippen molar-refractivity contribution in [2.24, 2.45) is 0 Å². The van der Waals surface area contributed by atoms with Crippen LogP contribution in [0.1, 0.15) is 10.6 Å². The van der Waals surface area contributed by atoms with Gasteiger partial charge in [0.1, 0.15) is 0 Å². The van der Waals surface area contributed by atoms with Crippen molar-refractivity contribution in [3.8, 4) is 0 Å². The molecule has 106 valence electrons.